The molecule has 0 aliphatic heterocycles. The Hall–Kier alpha value is -2.62. The number of nitrogens with one attached hydrogen (secondary N) is 1. The monoisotopic (exact) mass is 244 g/mol. The van der Waals surface area contributed by atoms with Gasteiger partial charge in [-0.25, -0.2) is 0 Å². The van der Waals surface area contributed by atoms with E-state index in [1.165, 1.54) is 9.36 Å². The van der Waals surface area contributed by atoms with E-state index in [1.807, 2.05) is 6.07 Å². The van der Waals surface area contributed by atoms with Crippen LogP contribution in [0.25, 0.3) is 0 Å². The van der Waals surface area contributed by atoms with Crippen molar-refractivity contribution < 1.29 is 4.79 Å². The first-order valence-electron chi connectivity index (χ1n) is 5.35. The maximum absolute atomic E-state index is 12.0. The lowest BCUT2D eigenvalue weighted by Crippen LogP contribution is -2.24. The van der Waals surface area contributed by atoms with Crippen LogP contribution in [0.5, 0.6) is 0 Å². The highest BCUT2D eigenvalue weighted by molar-refractivity contribution is 5.93. The van der Waals surface area contributed by atoms with Crippen LogP contribution in [0, 0.1) is 11.3 Å². The van der Waals surface area contributed by atoms with Gasteiger partial charge in [0.05, 0.1) is 0 Å². The van der Waals surface area contributed by atoms with Gasteiger partial charge in [-0.2, -0.15) is 15.5 Å². The number of aromatic nitrogens is 4. The molecule has 1 unspecified atom stereocenters. The second-order valence-electron chi connectivity index (χ2n) is 3.83. The van der Waals surface area contributed by atoms with Gasteiger partial charge < -0.3 is 5.32 Å². The average Bonchev–Trinajstić information content (AvgIpc) is 2.97. The Kier molecular flexibility index (Phi) is 3.10. The van der Waals surface area contributed by atoms with E-state index < -0.39 is 6.04 Å². The summed E-state index contributed by atoms with van der Waals surface area (Å²) in [6.45, 7) is 1.72. The van der Waals surface area contributed by atoms with Crippen LogP contribution in [-0.2, 0) is 11.8 Å². The normalized spacial score (nSPS) is 11.8. The molecule has 0 saturated heterocycles. The topological polar surface area (TPSA) is 88.5 Å². The van der Waals surface area contributed by atoms with Crippen LogP contribution in [0.3, 0.4) is 0 Å². The standard InChI is InChI=1S/C11H12N6O/c1-8(17-5-3-4-13-17)11(18)14-10-9(6-12)7-16(2)15-10/h3-5,7-8H,1-2H3,(H,14,15,18). The van der Waals surface area contributed by atoms with Gasteiger partial charge in [0.15, 0.2) is 5.82 Å². The largest absolute Gasteiger partial charge is 0.306 e. The predicted molar refractivity (Wildman–Crippen MR) is 63.5 cm³/mol. The predicted octanol–water partition coefficient (Wildman–Crippen LogP) is 0.688. The van der Waals surface area contributed by atoms with Crippen LogP contribution in [0.15, 0.2) is 24.7 Å². The van der Waals surface area contributed by atoms with Crippen molar-refractivity contribution in [3.8, 4) is 6.07 Å². The molecular formula is C11H12N6O. The summed E-state index contributed by atoms with van der Waals surface area (Å²) in [6, 6.07) is 3.25. The summed E-state index contributed by atoms with van der Waals surface area (Å²) in [6.07, 6.45) is 4.85. The van der Waals surface area contributed by atoms with Crippen molar-refractivity contribution in [1.82, 2.24) is 19.6 Å². The van der Waals surface area contributed by atoms with E-state index in [1.54, 1.807) is 38.6 Å². The molecule has 0 aliphatic carbocycles. The highest BCUT2D eigenvalue weighted by Gasteiger charge is 2.18. The molecule has 0 bridgehead atoms. The van der Waals surface area contributed by atoms with Gasteiger partial charge in [0.25, 0.3) is 0 Å². The van der Waals surface area contributed by atoms with Crippen LogP contribution in [0.1, 0.15) is 18.5 Å². The summed E-state index contributed by atoms with van der Waals surface area (Å²) in [5.74, 6) is -0.00194. The van der Waals surface area contributed by atoms with E-state index >= 15 is 0 Å². The van der Waals surface area contributed by atoms with E-state index in [0.717, 1.165) is 0 Å². The molecular weight excluding hydrogens is 232 g/mol. The number of anilines is 1. The number of hydrogen-bond acceptors (Lipinski definition) is 4. The molecule has 92 valence electrons. The molecule has 0 saturated carbocycles. The minimum Gasteiger partial charge on any atom is -0.306 e. The average molecular weight is 244 g/mol. The lowest BCUT2D eigenvalue weighted by molar-refractivity contribution is -0.119. The van der Waals surface area contributed by atoms with Crippen molar-refractivity contribution in [2.75, 3.05) is 5.32 Å². The van der Waals surface area contributed by atoms with Gasteiger partial charge in [-0.15, -0.1) is 0 Å². The third-order valence-corrected chi connectivity index (χ3v) is 2.49. The van der Waals surface area contributed by atoms with Crippen LogP contribution >= 0.6 is 0 Å². The second kappa shape index (κ2) is 4.71. The molecule has 0 fully saturated rings. The zero-order valence-electron chi connectivity index (χ0n) is 10.0. The quantitative estimate of drug-likeness (QED) is 0.860. The SMILES string of the molecule is CC(C(=O)Nc1nn(C)cc1C#N)n1cccn1. The van der Waals surface area contributed by atoms with Gasteiger partial charge in [0, 0.05) is 25.6 Å². The molecule has 0 radical (unpaired) electrons. The first kappa shape index (κ1) is 11.9. The van der Waals surface area contributed by atoms with Crippen LogP contribution in [-0.4, -0.2) is 25.5 Å². The molecule has 0 spiro atoms. The molecule has 2 aromatic rings. The van der Waals surface area contributed by atoms with Crippen molar-refractivity contribution in [2.45, 2.75) is 13.0 Å². The maximum Gasteiger partial charge on any atom is 0.250 e. The number of carbonyl (C=O) groups is 1. The summed E-state index contributed by atoms with van der Waals surface area (Å²) >= 11 is 0. The van der Waals surface area contributed by atoms with Crippen molar-refractivity contribution in [3.05, 3.63) is 30.2 Å². The summed E-state index contributed by atoms with van der Waals surface area (Å²) in [4.78, 5) is 12.0. The van der Waals surface area contributed by atoms with E-state index in [0.29, 0.717) is 5.56 Å². The Labute approximate surface area is 104 Å². The molecule has 2 heterocycles. The van der Waals surface area contributed by atoms with Crippen molar-refractivity contribution in [2.24, 2.45) is 7.05 Å². The smallest absolute Gasteiger partial charge is 0.250 e. The summed E-state index contributed by atoms with van der Waals surface area (Å²) in [5, 5.41) is 19.5. The van der Waals surface area contributed by atoms with Gasteiger partial charge >= 0.3 is 0 Å². The van der Waals surface area contributed by atoms with E-state index in [9.17, 15) is 4.79 Å². The summed E-state index contributed by atoms with van der Waals surface area (Å²) in [7, 11) is 1.69. The molecule has 1 N–H and O–H groups in total. The Bertz CT molecular complexity index is 592. The Balaban J connectivity index is 2.14. The first-order chi connectivity index (χ1) is 8.61. The molecule has 7 nitrogen and oxygen atoms in total. The highest BCUT2D eigenvalue weighted by Crippen LogP contribution is 2.13. The zero-order chi connectivity index (χ0) is 13.1. The number of amides is 1. The molecule has 0 aliphatic rings. The lowest BCUT2D eigenvalue weighted by Gasteiger charge is -2.11. The van der Waals surface area contributed by atoms with Gasteiger partial charge in [-0.3, -0.25) is 14.2 Å². The fourth-order valence-electron chi connectivity index (χ4n) is 1.51. The third-order valence-electron chi connectivity index (χ3n) is 2.49. The fourth-order valence-corrected chi connectivity index (χ4v) is 1.51. The minimum absolute atomic E-state index is 0.268. The van der Waals surface area contributed by atoms with Crippen molar-refractivity contribution >= 4 is 11.7 Å². The maximum atomic E-state index is 12.0. The molecule has 0 aromatic carbocycles. The number of rotatable bonds is 3. The van der Waals surface area contributed by atoms with E-state index in [4.69, 9.17) is 5.26 Å². The summed E-state index contributed by atoms with van der Waals surface area (Å²) in [5.41, 5.74) is 0.332. The molecule has 2 rings (SSSR count). The Morgan fingerprint density at radius 1 is 1.61 bits per heavy atom. The molecule has 1 amide bonds. The molecule has 7 heteroatoms. The number of aryl methyl sites for hydroxylation is 1. The number of hydrogen-bond donors (Lipinski definition) is 1. The van der Waals surface area contributed by atoms with Gasteiger partial charge in [0.1, 0.15) is 17.7 Å². The second-order valence-corrected chi connectivity index (χ2v) is 3.83. The number of nitrogens with zero attached hydrogens (tertiary/aromatic N) is 5. The van der Waals surface area contributed by atoms with Gasteiger partial charge in [0.2, 0.25) is 5.91 Å². The van der Waals surface area contributed by atoms with Crippen LogP contribution < -0.4 is 5.32 Å². The first-order valence-corrected chi connectivity index (χ1v) is 5.35. The third kappa shape index (κ3) is 2.22. The summed E-state index contributed by atoms with van der Waals surface area (Å²) < 4.78 is 3.01. The minimum atomic E-state index is -0.464. The van der Waals surface area contributed by atoms with Crippen LogP contribution in [0.2, 0.25) is 0 Å². The highest BCUT2D eigenvalue weighted by atomic mass is 16.2. The van der Waals surface area contributed by atoms with Crippen molar-refractivity contribution in [1.29, 1.82) is 5.26 Å². The fraction of sp³-hybridized carbons (Fsp3) is 0.273. The van der Waals surface area contributed by atoms with Crippen LogP contribution in [0.4, 0.5) is 5.82 Å². The Morgan fingerprint density at radius 2 is 2.39 bits per heavy atom. The van der Waals surface area contributed by atoms with E-state index in [-0.39, 0.29) is 11.7 Å². The van der Waals surface area contributed by atoms with Gasteiger partial charge in [-0.1, -0.05) is 0 Å². The number of carbonyl (C=O) groups excluding carboxylic acids is 1. The van der Waals surface area contributed by atoms with E-state index in [2.05, 4.69) is 15.5 Å². The Morgan fingerprint density at radius 3 is 3.00 bits per heavy atom. The molecule has 18 heavy (non-hydrogen) atoms. The molecule has 1 atom stereocenters. The lowest BCUT2D eigenvalue weighted by atomic mass is 10.3. The number of nitriles is 1. The molecule has 2 aromatic heterocycles. The van der Waals surface area contributed by atoms with Crippen molar-refractivity contribution in [3.63, 3.8) is 0 Å². The zero-order valence-corrected chi connectivity index (χ0v) is 10.0. The van der Waals surface area contributed by atoms with Gasteiger partial charge in [-0.05, 0) is 13.0 Å².